The number of hydrogen-bond donors (Lipinski definition) is 0. The van der Waals surface area contributed by atoms with Gasteiger partial charge in [-0.1, -0.05) is 12.6 Å². The van der Waals surface area contributed by atoms with Gasteiger partial charge in [0.15, 0.2) is 0 Å². The number of aromatic nitrogens is 1. The molecule has 1 aromatic heterocycles. The van der Waals surface area contributed by atoms with Gasteiger partial charge in [-0.15, -0.1) is 0 Å². The highest BCUT2D eigenvalue weighted by Gasteiger charge is 2.19. The highest BCUT2D eigenvalue weighted by molar-refractivity contribution is 5.87. The van der Waals surface area contributed by atoms with Gasteiger partial charge >= 0.3 is 0 Å². The molecule has 0 radical (unpaired) electrons. The second-order valence-electron chi connectivity index (χ2n) is 3.77. The van der Waals surface area contributed by atoms with Gasteiger partial charge in [0.05, 0.1) is 12.2 Å². The predicted molar refractivity (Wildman–Crippen MR) is 58.3 cm³/mol. The molecule has 2 heterocycles. The lowest BCUT2D eigenvalue weighted by atomic mass is 10.0. The monoisotopic (exact) mass is 202 g/mol. The van der Waals surface area contributed by atoms with Crippen molar-refractivity contribution >= 4 is 5.91 Å². The van der Waals surface area contributed by atoms with Crippen LogP contribution in [-0.2, 0) is 17.8 Å². The summed E-state index contributed by atoms with van der Waals surface area (Å²) in [5.74, 6) is -0.0102. The molecule has 0 N–H and O–H groups in total. The standard InChI is InChI=1S/C12H14N2O/c1-3-12(15)14-7-6-10-5-4-9(2)13-11(10)8-14/h3-5H,1,6-8H2,2H3. The van der Waals surface area contributed by atoms with Gasteiger partial charge in [0, 0.05) is 12.2 Å². The van der Waals surface area contributed by atoms with Crippen LogP contribution in [0.25, 0.3) is 0 Å². The normalized spacial score (nSPS) is 14.6. The third kappa shape index (κ3) is 1.91. The minimum atomic E-state index is -0.0102. The first-order valence-corrected chi connectivity index (χ1v) is 5.07. The van der Waals surface area contributed by atoms with E-state index in [0.717, 1.165) is 24.4 Å². The first kappa shape index (κ1) is 9.90. The Bertz CT molecular complexity index is 412. The SMILES string of the molecule is C=CC(=O)N1CCc2ccc(C)nc2C1. The lowest BCUT2D eigenvalue weighted by Gasteiger charge is -2.27. The molecule has 0 saturated carbocycles. The Hall–Kier alpha value is -1.64. The lowest BCUT2D eigenvalue weighted by Crippen LogP contribution is -2.35. The zero-order chi connectivity index (χ0) is 10.8. The fourth-order valence-corrected chi connectivity index (χ4v) is 1.84. The van der Waals surface area contributed by atoms with Crippen molar-refractivity contribution in [3.05, 3.63) is 41.7 Å². The molecular weight excluding hydrogens is 188 g/mol. The average Bonchev–Trinajstić information content (AvgIpc) is 2.27. The first-order chi connectivity index (χ1) is 7.20. The van der Waals surface area contributed by atoms with Gasteiger partial charge in [0.2, 0.25) is 5.91 Å². The van der Waals surface area contributed by atoms with Gasteiger partial charge in [-0.2, -0.15) is 0 Å². The smallest absolute Gasteiger partial charge is 0.246 e. The zero-order valence-corrected chi connectivity index (χ0v) is 8.86. The van der Waals surface area contributed by atoms with Crippen LogP contribution < -0.4 is 0 Å². The van der Waals surface area contributed by atoms with E-state index < -0.39 is 0 Å². The summed E-state index contributed by atoms with van der Waals surface area (Å²) in [6.07, 6.45) is 2.25. The fraction of sp³-hybridized carbons (Fsp3) is 0.333. The molecule has 0 saturated heterocycles. The summed E-state index contributed by atoms with van der Waals surface area (Å²) >= 11 is 0. The molecule has 3 nitrogen and oxygen atoms in total. The molecule has 1 aliphatic heterocycles. The zero-order valence-electron chi connectivity index (χ0n) is 8.86. The highest BCUT2D eigenvalue weighted by Crippen LogP contribution is 2.17. The van der Waals surface area contributed by atoms with Crippen molar-refractivity contribution in [3.8, 4) is 0 Å². The summed E-state index contributed by atoms with van der Waals surface area (Å²) in [5.41, 5.74) is 3.28. The van der Waals surface area contributed by atoms with E-state index in [1.54, 1.807) is 4.90 Å². The summed E-state index contributed by atoms with van der Waals surface area (Å²) in [6, 6.07) is 4.12. The van der Waals surface area contributed by atoms with E-state index in [-0.39, 0.29) is 5.91 Å². The van der Waals surface area contributed by atoms with Gasteiger partial charge < -0.3 is 4.90 Å². The maximum atomic E-state index is 11.4. The summed E-state index contributed by atoms with van der Waals surface area (Å²) in [4.78, 5) is 17.7. The molecule has 78 valence electrons. The van der Waals surface area contributed by atoms with E-state index in [4.69, 9.17) is 0 Å². The van der Waals surface area contributed by atoms with Crippen LogP contribution in [-0.4, -0.2) is 22.3 Å². The third-order valence-electron chi connectivity index (χ3n) is 2.69. The first-order valence-electron chi connectivity index (χ1n) is 5.07. The molecule has 3 heteroatoms. The molecule has 15 heavy (non-hydrogen) atoms. The molecule has 0 aliphatic carbocycles. The number of carbonyl (C=O) groups is 1. The maximum Gasteiger partial charge on any atom is 0.246 e. The number of amides is 1. The van der Waals surface area contributed by atoms with E-state index >= 15 is 0 Å². The van der Waals surface area contributed by atoms with E-state index in [1.165, 1.54) is 11.6 Å². The number of hydrogen-bond acceptors (Lipinski definition) is 2. The third-order valence-corrected chi connectivity index (χ3v) is 2.69. The molecule has 0 bridgehead atoms. The molecule has 0 atom stereocenters. The average molecular weight is 202 g/mol. The molecule has 1 aromatic rings. The van der Waals surface area contributed by atoms with Gasteiger partial charge in [0.1, 0.15) is 0 Å². The minimum Gasteiger partial charge on any atom is -0.333 e. The van der Waals surface area contributed by atoms with Crippen molar-refractivity contribution in [1.82, 2.24) is 9.88 Å². The van der Waals surface area contributed by atoms with E-state index in [2.05, 4.69) is 17.6 Å². The van der Waals surface area contributed by atoms with Crippen LogP contribution in [0, 0.1) is 6.92 Å². The molecule has 0 unspecified atom stereocenters. The Balaban J connectivity index is 2.25. The lowest BCUT2D eigenvalue weighted by molar-refractivity contribution is -0.126. The summed E-state index contributed by atoms with van der Waals surface area (Å²) in [6.45, 7) is 6.84. The largest absolute Gasteiger partial charge is 0.333 e. The molecule has 1 aliphatic rings. The number of aryl methyl sites for hydroxylation is 1. The molecule has 2 rings (SSSR count). The van der Waals surface area contributed by atoms with Crippen molar-refractivity contribution in [1.29, 1.82) is 0 Å². The van der Waals surface area contributed by atoms with Crippen LogP contribution in [0.5, 0.6) is 0 Å². The van der Waals surface area contributed by atoms with Crippen molar-refractivity contribution in [3.63, 3.8) is 0 Å². The second kappa shape index (κ2) is 3.85. The van der Waals surface area contributed by atoms with Crippen LogP contribution in [0.1, 0.15) is 17.0 Å². The van der Waals surface area contributed by atoms with Crippen LogP contribution >= 0.6 is 0 Å². The van der Waals surface area contributed by atoms with Crippen molar-refractivity contribution in [2.75, 3.05) is 6.54 Å². The summed E-state index contributed by atoms with van der Waals surface area (Å²) in [7, 11) is 0. The predicted octanol–water partition coefficient (Wildman–Crippen LogP) is 1.46. The summed E-state index contributed by atoms with van der Waals surface area (Å²) in [5, 5.41) is 0. The number of pyridine rings is 1. The Morgan fingerprint density at radius 1 is 1.60 bits per heavy atom. The summed E-state index contributed by atoms with van der Waals surface area (Å²) < 4.78 is 0. The maximum absolute atomic E-state index is 11.4. The fourth-order valence-electron chi connectivity index (χ4n) is 1.84. The molecule has 0 aromatic carbocycles. The Morgan fingerprint density at radius 3 is 3.13 bits per heavy atom. The number of rotatable bonds is 1. The second-order valence-corrected chi connectivity index (χ2v) is 3.77. The molecular formula is C12H14N2O. The number of fused-ring (bicyclic) bond motifs is 1. The van der Waals surface area contributed by atoms with E-state index in [0.29, 0.717) is 6.54 Å². The van der Waals surface area contributed by atoms with Gasteiger partial charge in [-0.25, -0.2) is 0 Å². The van der Waals surface area contributed by atoms with Gasteiger partial charge in [-0.3, -0.25) is 9.78 Å². The quantitative estimate of drug-likeness (QED) is 0.646. The van der Waals surface area contributed by atoms with Gasteiger partial charge in [0.25, 0.3) is 0 Å². The van der Waals surface area contributed by atoms with Gasteiger partial charge in [-0.05, 0) is 31.1 Å². The van der Waals surface area contributed by atoms with Crippen LogP contribution in [0.2, 0.25) is 0 Å². The van der Waals surface area contributed by atoms with Crippen molar-refractivity contribution in [2.45, 2.75) is 19.9 Å². The van der Waals surface area contributed by atoms with E-state index in [9.17, 15) is 4.79 Å². The molecule has 1 amide bonds. The Morgan fingerprint density at radius 2 is 2.40 bits per heavy atom. The topological polar surface area (TPSA) is 33.2 Å². The Kier molecular flexibility index (Phi) is 2.54. The number of nitrogens with zero attached hydrogens (tertiary/aromatic N) is 2. The molecule has 0 spiro atoms. The highest BCUT2D eigenvalue weighted by atomic mass is 16.2. The number of carbonyl (C=O) groups excluding carboxylic acids is 1. The van der Waals surface area contributed by atoms with Crippen LogP contribution in [0.3, 0.4) is 0 Å². The van der Waals surface area contributed by atoms with Crippen molar-refractivity contribution in [2.24, 2.45) is 0 Å². The minimum absolute atomic E-state index is 0.0102. The van der Waals surface area contributed by atoms with Crippen LogP contribution in [0.15, 0.2) is 24.8 Å². The molecule has 0 fully saturated rings. The van der Waals surface area contributed by atoms with Crippen molar-refractivity contribution < 1.29 is 4.79 Å². The van der Waals surface area contributed by atoms with Crippen LogP contribution in [0.4, 0.5) is 0 Å². The Labute approximate surface area is 89.4 Å². The van der Waals surface area contributed by atoms with E-state index in [1.807, 2.05) is 13.0 Å².